The lowest BCUT2D eigenvalue weighted by atomic mass is 9.96. The average Bonchev–Trinajstić information content (AvgIpc) is 3.28. The molecule has 0 aromatic carbocycles. The highest BCUT2D eigenvalue weighted by Crippen LogP contribution is 2.32. The Bertz CT molecular complexity index is 430. The van der Waals surface area contributed by atoms with Gasteiger partial charge in [-0.15, -0.1) is 0 Å². The fraction of sp³-hybridized carbons (Fsp3) is 0.889. The molecule has 0 radical (unpaired) electrons. The topological polar surface area (TPSA) is 58.6 Å². The van der Waals surface area contributed by atoms with E-state index in [0.717, 1.165) is 58.1 Å². The second-order valence-electron chi connectivity index (χ2n) is 7.52. The Morgan fingerprint density at radius 1 is 1.17 bits per heavy atom. The van der Waals surface area contributed by atoms with E-state index in [-0.39, 0.29) is 29.7 Å². The van der Waals surface area contributed by atoms with Gasteiger partial charge in [0.1, 0.15) is 0 Å². The Hall–Kier alpha value is -1.10. The number of carbonyl (C=O) groups is 2. The standard InChI is InChI=1S/C18H30N2O3/c1-13(6-9-16-5-3-11-23-16)19-17(21)15-4-2-10-20(12-15)18(22)14-7-8-14/h13-16H,2-12H2,1H3,(H,19,21)/t13-,15-,16-/m1/s1. The van der Waals surface area contributed by atoms with Gasteiger partial charge < -0.3 is 15.0 Å². The van der Waals surface area contributed by atoms with Crippen molar-refractivity contribution in [3.05, 3.63) is 0 Å². The lowest BCUT2D eigenvalue weighted by Crippen LogP contribution is -2.47. The van der Waals surface area contributed by atoms with Crippen molar-refractivity contribution in [1.82, 2.24) is 10.2 Å². The van der Waals surface area contributed by atoms with Gasteiger partial charge >= 0.3 is 0 Å². The molecular weight excluding hydrogens is 292 g/mol. The molecule has 1 saturated carbocycles. The minimum atomic E-state index is -0.0309. The minimum Gasteiger partial charge on any atom is -0.378 e. The van der Waals surface area contributed by atoms with Crippen molar-refractivity contribution in [3.63, 3.8) is 0 Å². The third-order valence-corrected chi connectivity index (χ3v) is 5.36. The van der Waals surface area contributed by atoms with Gasteiger partial charge in [-0.1, -0.05) is 0 Å². The molecule has 1 N–H and O–H groups in total. The number of hydrogen-bond donors (Lipinski definition) is 1. The molecule has 1 aliphatic carbocycles. The van der Waals surface area contributed by atoms with Gasteiger partial charge in [0.25, 0.3) is 0 Å². The number of carbonyl (C=O) groups excluding carboxylic acids is 2. The fourth-order valence-electron chi connectivity index (χ4n) is 3.72. The van der Waals surface area contributed by atoms with Crippen LogP contribution in [0.3, 0.4) is 0 Å². The summed E-state index contributed by atoms with van der Waals surface area (Å²) < 4.78 is 5.64. The first-order valence-electron chi connectivity index (χ1n) is 9.34. The van der Waals surface area contributed by atoms with Crippen molar-refractivity contribution in [3.8, 4) is 0 Å². The maximum absolute atomic E-state index is 12.5. The van der Waals surface area contributed by atoms with Crippen LogP contribution in [0.1, 0.15) is 58.3 Å². The Morgan fingerprint density at radius 3 is 2.70 bits per heavy atom. The first-order valence-corrected chi connectivity index (χ1v) is 9.34. The maximum Gasteiger partial charge on any atom is 0.225 e. The first kappa shape index (κ1) is 16.7. The molecule has 0 unspecified atom stereocenters. The molecule has 3 aliphatic rings. The summed E-state index contributed by atoms with van der Waals surface area (Å²) in [7, 11) is 0. The zero-order valence-corrected chi connectivity index (χ0v) is 14.3. The minimum absolute atomic E-state index is 0.0309. The van der Waals surface area contributed by atoms with Crippen LogP contribution >= 0.6 is 0 Å². The number of nitrogens with zero attached hydrogens (tertiary/aromatic N) is 1. The number of likely N-dealkylation sites (tertiary alicyclic amines) is 1. The molecule has 3 rings (SSSR count). The lowest BCUT2D eigenvalue weighted by Gasteiger charge is -2.33. The Labute approximate surface area is 139 Å². The van der Waals surface area contributed by atoms with Gasteiger partial charge in [0.15, 0.2) is 0 Å². The molecule has 2 amide bonds. The Balaban J connectivity index is 1.40. The quantitative estimate of drug-likeness (QED) is 0.815. The van der Waals surface area contributed by atoms with Gasteiger partial charge in [-0.05, 0) is 58.3 Å². The molecule has 130 valence electrons. The predicted molar refractivity (Wildman–Crippen MR) is 87.8 cm³/mol. The number of hydrogen-bond acceptors (Lipinski definition) is 3. The summed E-state index contributed by atoms with van der Waals surface area (Å²) in [5, 5.41) is 3.15. The zero-order chi connectivity index (χ0) is 16.2. The van der Waals surface area contributed by atoms with E-state index in [1.165, 1.54) is 6.42 Å². The summed E-state index contributed by atoms with van der Waals surface area (Å²) in [4.78, 5) is 26.6. The van der Waals surface area contributed by atoms with Crippen LogP contribution in [0, 0.1) is 11.8 Å². The van der Waals surface area contributed by atoms with Gasteiger partial charge in [-0.25, -0.2) is 0 Å². The molecule has 0 aromatic heterocycles. The van der Waals surface area contributed by atoms with Crippen LogP contribution in [0.25, 0.3) is 0 Å². The number of amides is 2. The summed E-state index contributed by atoms with van der Waals surface area (Å²) in [5.74, 6) is 0.617. The Morgan fingerprint density at radius 2 is 2.00 bits per heavy atom. The third kappa shape index (κ3) is 4.69. The monoisotopic (exact) mass is 322 g/mol. The molecule has 5 heteroatoms. The molecular formula is C18H30N2O3. The second-order valence-corrected chi connectivity index (χ2v) is 7.52. The van der Waals surface area contributed by atoms with Crippen LogP contribution < -0.4 is 5.32 Å². The van der Waals surface area contributed by atoms with Crippen molar-refractivity contribution in [2.24, 2.45) is 11.8 Å². The van der Waals surface area contributed by atoms with Gasteiger partial charge in [0, 0.05) is 31.7 Å². The average molecular weight is 322 g/mol. The Kier molecular flexibility index (Phi) is 5.57. The SMILES string of the molecule is C[C@H](CC[C@H]1CCCO1)NC(=O)[C@@H]1CCCN(C(=O)C2CC2)C1. The summed E-state index contributed by atoms with van der Waals surface area (Å²) >= 11 is 0. The van der Waals surface area contributed by atoms with Crippen molar-refractivity contribution < 1.29 is 14.3 Å². The highest BCUT2D eigenvalue weighted by Gasteiger charge is 2.36. The summed E-state index contributed by atoms with van der Waals surface area (Å²) in [6.45, 7) is 4.40. The highest BCUT2D eigenvalue weighted by molar-refractivity contribution is 5.83. The van der Waals surface area contributed by atoms with E-state index in [1.54, 1.807) is 0 Å². The zero-order valence-electron chi connectivity index (χ0n) is 14.3. The van der Waals surface area contributed by atoms with E-state index in [9.17, 15) is 9.59 Å². The van der Waals surface area contributed by atoms with Crippen LogP contribution in [-0.2, 0) is 14.3 Å². The molecule has 2 aliphatic heterocycles. The maximum atomic E-state index is 12.5. The number of ether oxygens (including phenoxy) is 1. The molecule has 3 fully saturated rings. The molecule has 23 heavy (non-hydrogen) atoms. The van der Waals surface area contributed by atoms with E-state index < -0.39 is 0 Å². The van der Waals surface area contributed by atoms with Gasteiger partial charge in [0.05, 0.1) is 12.0 Å². The van der Waals surface area contributed by atoms with Crippen LogP contribution in [0.2, 0.25) is 0 Å². The molecule has 2 heterocycles. The summed E-state index contributed by atoms with van der Waals surface area (Å²) in [6, 6.07) is 0.182. The highest BCUT2D eigenvalue weighted by atomic mass is 16.5. The smallest absolute Gasteiger partial charge is 0.225 e. The van der Waals surface area contributed by atoms with Gasteiger partial charge in [-0.3, -0.25) is 9.59 Å². The van der Waals surface area contributed by atoms with E-state index in [2.05, 4.69) is 12.2 Å². The second kappa shape index (κ2) is 7.65. The predicted octanol–water partition coefficient (Wildman–Crippen LogP) is 2.10. The number of rotatable bonds is 6. The first-order chi connectivity index (χ1) is 11.1. The van der Waals surface area contributed by atoms with E-state index in [0.29, 0.717) is 12.6 Å². The molecule has 2 saturated heterocycles. The van der Waals surface area contributed by atoms with Crippen molar-refractivity contribution in [2.75, 3.05) is 19.7 Å². The number of nitrogens with one attached hydrogen (secondary N) is 1. The number of piperidine rings is 1. The summed E-state index contributed by atoms with van der Waals surface area (Å²) in [6.07, 6.45) is 8.61. The lowest BCUT2D eigenvalue weighted by molar-refractivity contribution is -0.137. The normalized spacial score (nSPS) is 29.3. The molecule has 5 nitrogen and oxygen atoms in total. The van der Waals surface area contributed by atoms with E-state index >= 15 is 0 Å². The van der Waals surface area contributed by atoms with Crippen LogP contribution in [0.4, 0.5) is 0 Å². The van der Waals surface area contributed by atoms with Crippen molar-refractivity contribution in [1.29, 1.82) is 0 Å². The van der Waals surface area contributed by atoms with Gasteiger partial charge in [0.2, 0.25) is 11.8 Å². The molecule has 0 bridgehead atoms. The molecule has 0 aromatic rings. The molecule has 3 atom stereocenters. The fourth-order valence-corrected chi connectivity index (χ4v) is 3.72. The van der Waals surface area contributed by atoms with Crippen LogP contribution in [0.5, 0.6) is 0 Å². The van der Waals surface area contributed by atoms with Gasteiger partial charge in [-0.2, -0.15) is 0 Å². The van der Waals surface area contributed by atoms with Crippen LogP contribution in [-0.4, -0.2) is 48.6 Å². The van der Waals surface area contributed by atoms with Crippen molar-refractivity contribution in [2.45, 2.75) is 70.4 Å². The van der Waals surface area contributed by atoms with E-state index in [4.69, 9.17) is 4.74 Å². The van der Waals surface area contributed by atoms with Crippen LogP contribution in [0.15, 0.2) is 0 Å². The van der Waals surface area contributed by atoms with Crippen molar-refractivity contribution >= 4 is 11.8 Å². The molecule has 0 spiro atoms. The summed E-state index contributed by atoms with van der Waals surface area (Å²) in [5.41, 5.74) is 0. The van der Waals surface area contributed by atoms with E-state index in [1.807, 2.05) is 4.90 Å². The third-order valence-electron chi connectivity index (χ3n) is 5.36. The largest absolute Gasteiger partial charge is 0.378 e.